The summed E-state index contributed by atoms with van der Waals surface area (Å²) in [6, 6.07) is 6.94. The first-order chi connectivity index (χ1) is 10.9. The molecule has 23 heavy (non-hydrogen) atoms. The quantitative estimate of drug-likeness (QED) is 0.919. The molecule has 5 nitrogen and oxygen atoms in total. The summed E-state index contributed by atoms with van der Waals surface area (Å²) in [5.41, 5.74) is 0.632. The van der Waals surface area contributed by atoms with Crippen LogP contribution in [0, 0.1) is 11.8 Å². The minimum Gasteiger partial charge on any atom is -0.341 e. The van der Waals surface area contributed by atoms with Gasteiger partial charge in [0.25, 0.3) is 10.0 Å². The molecule has 2 aliphatic rings. The molecule has 0 bridgehead atoms. The Balaban J connectivity index is 1.63. The molecule has 6 heteroatoms. The molecule has 0 aliphatic carbocycles. The highest BCUT2D eigenvalue weighted by Gasteiger charge is 2.26. The molecule has 0 amide bonds. The van der Waals surface area contributed by atoms with Crippen LogP contribution in [0.5, 0.6) is 0 Å². The molecule has 1 fully saturated rings. The molecule has 0 spiro atoms. The molecule has 1 saturated heterocycles. The first-order valence-electron chi connectivity index (χ1n) is 8.36. The fourth-order valence-electron chi connectivity index (χ4n) is 3.49. The van der Waals surface area contributed by atoms with E-state index in [0.29, 0.717) is 18.1 Å². The van der Waals surface area contributed by atoms with E-state index in [1.54, 1.807) is 18.2 Å². The van der Waals surface area contributed by atoms with Gasteiger partial charge >= 0.3 is 0 Å². The van der Waals surface area contributed by atoms with Gasteiger partial charge in [0.2, 0.25) is 0 Å². The molecule has 0 aromatic heterocycles. The third-order valence-corrected chi connectivity index (χ3v) is 5.93. The number of para-hydroxylation sites is 1. The van der Waals surface area contributed by atoms with Gasteiger partial charge in [0, 0.05) is 0 Å². The van der Waals surface area contributed by atoms with Crippen molar-refractivity contribution in [3.05, 3.63) is 24.3 Å². The van der Waals surface area contributed by atoms with E-state index in [2.05, 4.69) is 28.5 Å². The average Bonchev–Trinajstić information content (AvgIpc) is 2.48. The summed E-state index contributed by atoms with van der Waals surface area (Å²) in [4.78, 5) is 2.56. The van der Waals surface area contributed by atoms with Gasteiger partial charge in [-0.15, -0.1) is 4.40 Å². The van der Waals surface area contributed by atoms with Gasteiger partial charge in [0.05, 0.1) is 12.2 Å². The Hall–Kier alpha value is -1.40. The Kier molecular flexibility index (Phi) is 4.73. The van der Waals surface area contributed by atoms with Gasteiger partial charge in [-0.1, -0.05) is 26.0 Å². The third-order valence-electron chi connectivity index (χ3n) is 4.56. The second kappa shape index (κ2) is 6.61. The van der Waals surface area contributed by atoms with Crippen LogP contribution in [-0.2, 0) is 10.0 Å². The zero-order valence-electron chi connectivity index (χ0n) is 13.8. The van der Waals surface area contributed by atoms with Gasteiger partial charge in [-0.05, 0) is 56.3 Å². The van der Waals surface area contributed by atoms with Crippen LogP contribution in [-0.4, -0.2) is 38.8 Å². The number of sulfonamides is 1. The minimum atomic E-state index is -3.57. The van der Waals surface area contributed by atoms with E-state index in [9.17, 15) is 8.42 Å². The predicted octanol–water partition coefficient (Wildman–Crippen LogP) is 2.96. The molecule has 0 radical (unpaired) electrons. The van der Waals surface area contributed by atoms with Gasteiger partial charge in [0.15, 0.2) is 0 Å². The van der Waals surface area contributed by atoms with Crippen molar-refractivity contribution in [2.24, 2.45) is 16.2 Å². The monoisotopic (exact) mass is 335 g/mol. The molecule has 126 valence electrons. The molecular weight excluding hydrogens is 310 g/mol. The summed E-state index contributed by atoms with van der Waals surface area (Å²) in [6.07, 6.45) is 3.67. The van der Waals surface area contributed by atoms with Crippen LogP contribution in [0.2, 0.25) is 0 Å². The topological polar surface area (TPSA) is 61.8 Å². The van der Waals surface area contributed by atoms with E-state index in [1.165, 1.54) is 19.3 Å². The van der Waals surface area contributed by atoms with Crippen molar-refractivity contribution in [3.8, 4) is 0 Å². The number of fused-ring (bicyclic) bond motifs is 1. The molecule has 0 saturated carbocycles. The van der Waals surface area contributed by atoms with Gasteiger partial charge in [-0.25, -0.2) is 0 Å². The molecule has 0 atom stereocenters. The lowest BCUT2D eigenvalue weighted by Crippen LogP contribution is -2.40. The summed E-state index contributed by atoms with van der Waals surface area (Å²) in [7, 11) is -3.57. The van der Waals surface area contributed by atoms with Crippen LogP contribution in [0.15, 0.2) is 33.6 Å². The van der Waals surface area contributed by atoms with E-state index < -0.39 is 10.0 Å². The van der Waals surface area contributed by atoms with Gasteiger partial charge in [-0.2, -0.15) is 8.42 Å². The molecular formula is C17H25N3O2S. The van der Waals surface area contributed by atoms with Crippen molar-refractivity contribution >= 4 is 21.5 Å². The Labute approximate surface area is 138 Å². The van der Waals surface area contributed by atoms with Crippen LogP contribution >= 0.6 is 0 Å². The Morgan fingerprint density at radius 1 is 1.26 bits per heavy atom. The highest BCUT2D eigenvalue weighted by Crippen LogP contribution is 2.28. The summed E-state index contributed by atoms with van der Waals surface area (Å²) in [5.74, 6) is 2.08. The summed E-state index contributed by atoms with van der Waals surface area (Å²) in [5, 5.41) is 3.17. The Morgan fingerprint density at radius 2 is 1.96 bits per heavy atom. The number of hydrogen-bond acceptors (Lipinski definition) is 4. The Bertz CT molecular complexity index is 690. The van der Waals surface area contributed by atoms with Gasteiger partial charge in [-0.3, -0.25) is 4.90 Å². The molecule has 1 aromatic rings. The van der Waals surface area contributed by atoms with Crippen LogP contribution < -0.4 is 5.32 Å². The van der Waals surface area contributed by atoms with Crippen LogP contribution in [0.25, 0.3) is 0 Å². The maximum atomic E-state index is 12.3. The Morgan fingerprint density at radius 3 is 2.65 bits per heavy atom. The summed E-state index contributed by atoms with van der Waals surface area (Å²) in [6.45, 7) is 7.15. The van der Waals surface area contributed by atoms with E-state index in [4.69, 9.17) is 0 Å². The fourth-order valence-corrected chi connectivity index (χ4v) is 4.63. The van der Waals surface area contributed by atoms with Crippen LogP contribution in [0.3, 0.4) is 0 Å². The highest BCUT2D eigenvalue weighted by atomic mass is 32.2. The molecule has 3 rings (SSSR count). The predicted molar refractivity (Wildman–Crippen MR) is 93.3 cm³/mol. The maximum absolute atomic E-state index is 12.3. The van der Waals surface area contributed by atoms with Gasteiger partial charge in [0.1, 0.15) is 10.7 Å². The van der Waals surface area contributed by atoms with E-state index in [0.717, 1.165) is 24.9 Å². The number of rotatable bonds is 4. The maximum Gasteiger partial charge on any atom is 0.286 e. The average molecular weight is 335 g/mol. The van der Waals surface area contributed by atoms with Crippen molar-refractivity contribution in [2.75, 3.05) is 25.0 Å². The number of likely N-dealkylation sites (tertiary alicyclic amines) is 1. The van der Waals surface area contributed by atoms with Crippen LogP contribution in [0.4, 0.5) is 5.69 Å². The third kappa shape index (κ3) is 3.93. The lowest BCUT2D eigenvalue weighted by Gasteiger charge is -2.33. The fraction of sp³-hybridized carbons (Fsp3) is 0.588. The molecule has 1 aromatic carbocycles. The number of amidine groups is 1. The number of benzene rings is 1. The smallest absolute Gasteiger partial charge is 0.286 e. The molecule has 2 aliphatic heterocycles. The van der Waals surface area contributed by atoms with Crippen LogP contribution in [0.1, 0.15) is 33.1 Å². The zero-order valence-corrected chi connectivity index (χ0v) is 14.6. The minimum absolute atomic E-state index is 0.263. The lowest BCUT2D eigenvalue weighted by atomic mass is 9.88. The zero-order chi connectivity index (χ0) is 16.4. The van der Waals surface area contributed by atoms with Crippen molar-refractivity contribution in [3.63, 3.8) is 0 Å². The number of nitrogens with zero attached hydrogens (tertiary/aromatic N) is 2. The van der Waals surface area contributed by atoms with E-state index >= 15 is 0 Å². The highest BCUT2D eigenvalue weighted by molar-refractivity contribution is 7.90. The van der Waals surface area contributed by atoms with Crippen molar-refractivity contribution in [2.45, 2.75) is 38.0 Å². The van der Waals surface area contributed by atoms with Crippen molar-refractivity contribution in [1.82, 2.24) is 4.90 Å². The lowest BCUT2D eigenvalue weighted by molar-refractivity contribution is 0.189. The first kappa shape index (κ1) is 16.5. The molecule has 2 heterocycles. The number of hydrogen-bond donors (Lipinski definition) is 1. The first-order valence-corrected chi connectivity index (χ1v) is 9.80. The van der Waals surface area contributed by atoms with Crippen molar-refractivity contribution < 1.29 is 8.42 Å². The van der Waals surface area contributed by atoms with E-state index in [1.807, 2.05) is 6.07 Å². The summed E-state index contributed by atoms with van der Waals surface area (Å²) < 4.78 is 28.5. The second-order valence-electron chi connectivity index (χ2n) is 6.98. The van der Waals surface area contributed by atoms with Crippen molar-refractivity contribution in [1.29, 1.82) is 0 Å². The SMILES string of the molecule is CC(C)CC1CCN(CC2=NS(=O)(=O)c3ccccc3N2)CC1. The number of nitrogens with one attached hydrogen (secondary N) is 1. The molecule has 0 unspecified atom stereocenters. The largest absolute Gasteiger partial charge is 0.341 e. The standard InChI is InChI=1S/C17H25N3O2S/c1-13(2)11-14-7-9-20(10-8-14)12-17-18-15-5-3-4-6-16(15)23(21,22)19-17/h3-6,13-14H,7-12H2,1-2H3,(H,18,19). The van der Waals surface area contributed by atoms with Gasteiger partial charge < -0.3 is 5.32 Å². The number of anilines is 1. The molecule has 1 N–H and O–H groups in total. The summed E-state index contributed by atoms with van der Waals surface area (Å²) >= 11 is 0. The second-order valence-corrected chi connectivity index (χ2v) is 8.56. The number of piperidine rings is 1. The van der Waals surface area contributed by atoms with E-state index in [-0.39, 0.29) is 4.90 Å². The normalized spacial score (nSPS) is 21.6.